The van der Waals surface area contributed by atoms with Gasteiger partial charge < -0.3 is 10.2 Å². The van der Waals surface area contributed by atoms with E-state index in [1.165, 1.54) is 6.42 Å². The molecule has 16 heavy (non-hydrogen) atoms. The van der Waals surface area contributed by atoms with E-state index in [2.05, 4.69) is 26.8 Å². The zero-order valence-electron chi connectivity index (χ0n) is 10.4. The van der Waals surface area contributed by atoms with Crippen molar-refractivity contribution in [2.24, 2.45) is 22.7 Å². The van der Waals surface area contributed by atoms with Gasteiger partial charge in [-0.2, -0.15) is 0 Å². The number of aliphatic hydroxyl groups is 2. The van der Waals surface area contributed by atoms with Gasteiger partial charge in [-0.25, -0.2) is 0 Å². The molecule has 0 aromatic carbocycles. The highest BCUT2D eigenvalue weighted by atomic mass is 16.3. The number of rotatable bonds is 0. The fourth-order valence-corrected chi connectivity index (χ4v) is 4.45. The molecule has 3 rings (SSSR count). The van der Waals surface area contributed by atoms with Crippen LogP contribution in [0.4, 0.5) is 0 Å². The molecule has 0 amide bonds. The van der Waals surface area contributed by atoms with Gasteiger partial charge >= 0.3 is 0 Å². The zero-order valence-corrected chi connectivity index (χ0v) is 10.4. The summed E-state index contributed by atoms with van der Waals surface area (Å²) in [6, 6.07) is 0. The van der Waals surface area contributed by atoms with Crippen molar-refractivity contribution in [2.45, 2.75) is 52.2 Å². The molecule has 0 heterocycles. The Balaban J connectivity index is 2.00. The van der Waals surface area contributed by atoms with Crippen molar-refractivity contribution in [3.63, 3.8) is 0 Å². The molecule has 2 fully saturated rings. The van der Waals surface area contributed by atoms with Crippen molar-refractivity contribution in [2.75, 3.05) is 0 Å². The number of aliphatic hydroxyl groups excluding tert-OH is 2. The van der Waals surface area contributed by atoms with E-state index in [9.17, 15) is 10.2 Å². The Kier molecular flexibility index (Phi) is 1.96. The summed E-state index contributed by atoms with van der Waals surface area (Å²) in [6.45, 7) is 6.85. The Morgan fingerprint density at radius 3 is 2.44 bits per heavy atom. The van der Waals surface area contributed by atoms with Crippen LogP contribution < -0.4 is 0 Å². The fourth-order valence-electron chi connectivity index (χ4n) is 4.45. The van der Waals surface area contributed by atoms with Crippen LogP contribution in [0.2, 0.25) is 0 Å². The highest BCUT2D eigenvalue weighted by Crippen LogP contribution is 2.64. The number of fused-ring (bicyclic) bond motifs is 3. The molecule has 2 N–H and O–H groups in total. The Labute approximate surface area is 97.4 Å². The monoisotopic (exact) mass is 222 g/mol. The van der Waals surface area contributed by atoms with Crippen molar-refractivity contribution in [1.29, 1.82) is 0 Å². The Morgan fingerprint density at radius 2 is 1.88 bits per heavy atom. The summed E-state index contributed by atoms with van der Waals surface area (Å²) in [5.41, 5.74) is 1.61. The average molecular weight is 222 g/mol. The van der Waals surface area contributed by atoms with Crippen LogP contribution in [-0.2, 0) is 0 Å². The molecule has 3 aliphatic rings. The lowest BCUT2D eigenvalue weighted by atomic mass is 9.52. The van der Waals surface area contributed by atoms with E-state index in [4.69, 9.17) is 0 Å². The second-order valence-corrected chi connectivity index (χ2v) is 7.06. The lowest BCUT2D eigenvalue weighted by Gasteiger charge is -2.54. The van der Waals surface area contributed by atoms with E-state index in [0.29, 0.717) is 17.3 Å². The van der Waals surface area contributed by atoms with E-state index in [-0.39, 0.29) is 5.41 Å². The van der Waals surface area contributed by atoms with Crippen molar-refractivity contribution in [3.8, 4) is 0 Å². The van der Waals surface area contributed by atoms with E-state index < -0.39 is 12.2 Å². The molecule has 0 aromatic rings. The first-order valence-corrected chi connectivity index (χ1v) is 6.42. The third-order valence-corrected chi connectivity index (χ3v) is 5.38. The van der Waals surface area contributed by atoms with Crippen LogP contribution in [-0.4, -0.2) is 22.4 Å². The van der Waals surface area contributed by atoms with Gasteiger partial charge in [0.25, 0.3) is 0 Å². The van der Waals surface area contributed by atoms with Gasteiger partial charge in [0.2, 0.25) is 0 Å². The van der Waals surface area contributed by atoms with E-state index in [1.54, 1.807) is 0 Å². The maximum atomic E-state index is 10.2. The predicted octanol–water partition coefficient (Wildman–Crippen LogP) is 2.11. The number of hydrogen-bond donors (Lipinski definition) is 2. The lowest BCUT2D eigenvalue weighted by molar-refractivity contribution is -0.0773. The second-order valence-electron chi connectivity index (χ2n) is 7.06. The minimum atomic E-state index is -0.603. The molecule has 90 valence electrons. The molecular formula is C14H22O2. The van der Waals surface area contributed by atoms with E-state index in [0.717, 1.165) is 18.4 Å². The third-order valence-electron chi connectivity index (χ3n) is 5.38. The predicted molar refractivity (Wildman–Crippen MR) is 62.8 cm³/mol. The normalized spacial score (nSPS) is 53.7. The van der Waals surface area contributed by atoms with Crippen LogP contribution in [0.15, 0.2) is 11.6 Å². The second kappa shape index (κ2) is 2.91. The topological polar surface area (TPSA) is 40.5 Å². The molecule has 0 bridgehead atoms. The summed E-state index contributed by atoms with van der Waals surface area (Å²) in [4.78, 5) is 0. The van der Waals surface area contributed by atoms with Crippen LogP contribution in [0.25, 0.3) is 0 Å². The Bertz CT molecular complexity index is 358. The maximum Gasteiger partial charge on any atom is 0.102 e. The molecule has 0 saturated heterocycles. The summed E-state index contributed by atoms with van der Waals surface area (Å²) in [5, 5.41) is 20.4. The standard InChI is InChI=1S/C14H22O2/c1-13(2)6-8-10(7-13)14(3)5-4-9(14)12(16)11(8)15/h4,8,10-12,15-16H,5-7H2,1-3H3/t8-,10+,11+,12+,14+/m1/s1. The SMILES string of the molecule is CC1(C)C[C@H]2[C@H](O)[C@@H](O)C3=CC[C@]3(C)[C@H]2C1. The molecule has 0 spiro atoms. The molecule has 0 radical (unpaired) electrons. The minimum Gasteiger partial charge on any atom is -0.390 e. The van der Waals surface area contributed by atoms with Gasteiger partial charge in [0.1, 0.15) is 6.10 Å². The molecule has 0 aliphatic heterocycles. The van der Waals surface area contributed by atoms with Gasteiger partial charge in [-0.1, -0.05) is 26.8 Å². The summed E-state index contributed by atoms with van der Waals surface area (Å²) in [7, 11) is 0. The van der Waals surface area contributed by atoms with Crippen molar-refractivity contribution < 1.29 is 10.2 Å². The highest BCUT2D eigenvalue weighted by Gasteiger charge is 2.60. The van der Waals surface area contributed by atoms with Crippen LogP contribution in [0.3, 0.4) is 0 Å². The molecule has 5 atom stereocenters. The highest BCUT2D eigenvalue weighted by molar-refractivity contribution is 5.35. The van der Waals surface area contributed by atoms with Crippen molar-refractivity contribution >= 4 is 0 Å². The number of hydrogen-bond acceptors (Lipinski definition) is 2. The van der Waals surface area contributed by atoms with Gasteiger partial charge in [0, 0.05) is 0 Å². The molecule has 3 aliphatic carbocycles. The average Bonchev–Trinajstić information content (AvgIpc) is 2.49. The molecule has 0 aromatic heterocycles. The summed E-state index contributed by atoms with van der Waals surface area (Å²) in [6.07, 6.45) is 4.31. The summed E-state index contributed by atoms with van der Waals surface area (Å²) < 4.78 is 0. The van der Waals surface area contributed by atoms with Gasteiger partial charge in [0.15, 0.2) is 0 Å². The first-order chi connectivity index (χ1) is 7.35. The molecule has 2 heteroatoms. The third kappa shape index (κ3) is 1.15. The van der Waals surface area contributed by atoms with Crippen LogP contribution in [0, 0.1) is 22.7 Å². The smallest absolute Gasteiger partial charge is 0.102 e. The Hall–Kier alpha value is -0.340. The van der Waals surface area contributed by atoms with Crippen LogP contribution >= 0.6 is 0 Å². The van der Waals surface area contributed by atoms with Crippen LogP contribution in [0.1, 0.15) is 40.0 Å². The van der Waals surface area contributed by atoms with Gasteiger partial charge in [0.05, 0.1) is 6.10 Å². The van der Waals surface area contributed by atoms with E-state index >= 15 is 0 Å². The number of allylic oxidation sites excluding steroid dienone is 1. The summed E-state index contributed by atoms with van der Waals surface area (Å²) in [5.74, 6) is 0.869. The molecular weight excluding hydrogens is 200 g/mol. The van der Waals surface area contributed by atoms with Gasteiger partial charge in [-0.15, -0.1) is 0 Å². The van der Waals surface area contributed by atoms with Gasteiger partial charge in [-0.05, 0) is 47.5 Å². The molecule has 0 unspecified atom stereocenters. The quantitative estimate of drug-likeness (QED) is 0.616. The zero-order chi connectivity index (χ0) is 11.7. The largest absolute Gasteiger partial charge is 0.390 e. The van der Waals surface area contributed by atoms with Crippen molar-refractivity contribution in [1.82, 2.24) is 0 Å². The Morgan fingerprint density at radius 1 is 1.19 bits per heavy atom. The van der Waals surface area contributed by atoms with Crippen LogP contribution in [0.5, 0.6) is 0 Å². The first-order valence-electron chi connectivity index (χ1n) is 6.42. The first kappa shape index (κ1) is 10.8. The minimum absolute atomic E-state index is 0.178. The fraction of sp³-hybridized carbons (Fsp3) is 0.857. The summed E-state index contributed by atoms with van der Waals surface area (Å²) >= 11 is 0. The van der Waals surface area contributed by atoms with Crippen molar-refractivity contribution in [3.05, 3.63) is 11.6 Å². The van der Waals surface area contributed by atoms with E-state index in [1.807, 2.05) is 0 Å². The molecule has 2 saturated carbocycles. The maximum absolute atomic E-state index is 10.2. The lowest BCUT2D eigenvalue weighted by Crippen LogP contribution is -2.54. The molecule has 2 nitrogen and oxygen atoms in total. The van der Waals surface area contributed by atoms with Gasteiger partial charge in [-0.3, -0.25) is 0 Å².